The second-order valence-electron chi connectivity index (χ2n) is 7.68. The van der Waals surface area contributed by atoms with Gasteiger partial charge in [-0.15, -0.1) is 12.4 Å². The Morgan fingerprint density at radius 1 is 0.917 bits per heavy atom. The first kappa shape index (κ1) is 28.1. The van der Waals surface area contributed by atoms with E-state index >= 15 is 0 Å². The van der Waals surface area contributed by atoms with Gasteiger partial charge in [0.1, 0.15) is 11.6 Å². The summed E-state index contributed by atoms with van der Waals surface area (Å²) < 4.78 is 30.3. The summed E-state index contributed by atoms with van der Waals surface area (Å²) in [5, 5.41) is 8.99. The van der Waals surface area contributed by atoms with Gasteiger partial charge in [0.2, 0.25) is 5.91 Å². The molecule has 0 radical (unpaired) electrons. The molecular weight excluding hydrogens is 508 g/mol. The molecule has 0 atom stereocenters. The average molecular weight is 533 g/mol. The number of aliphatic imine (C=N–C) groups is 1. The number of rotatable bonds is 9. The van der Waals surface area contributed by atoms with Crippen molar-refractivity contribution in [3.05, 3.63) is 76.9 Å². The van der Waals surface area contributed by atoms with Crippen LogP contribution < -0.4 is 22.9 Å². The number of nitrogens with two attached hydrogens (primary N) is 4. The number of aryl methyl sites for hydroxylation is 1. The van der Waals surface area contributed by atoms with Crippen molar-refractivity contribution in [3.63, 3.8) is 0 Å². The number of amides is 1. The fourth-order valence-corrected chi connectivity index (χ4v) is 4.53. The predicted molar refractivity (Wildman–Crippen MR) is 140 cm³/mol. The predicted octanol–water partition coefficient (Wildman–Crippen LogP) is 1.56. The van der Waals surface area contributed by atoms with E-state index in [0.717, 1.165) is 0 Å². The maximum atomic E-state index is 12.7. The van der Waals surface area contributed by atoms with E-state index in [2.05, 4.69) is 4.99 Å². The fraction of sp³-hybridized carbons (Fsp3) is 0.130. The SMILES string of the molecule is Cl.N=C(N)c1ccc2c(CCC(N)=O)c(CS(=O)(=O)OC(=O)c3ccc(N=C(N)N)cc3)ccc2c1. The lowest BCUT2D eigenvalue weighted by molar-refractivity contribution is -0.117. The van der Waals surface area contributed by atoms with E-state index < -0.39 is 27.7 Å². The number of primary amides is 1. The summed E-state index contributed by atoms with van der Waals surface area (Å²) >= 11 is 0. The summed E-state index contributed by atoms with van der Waals surface area (Å²) in [6.45, 7) is 0. The first-order chi connectivity index (χ1) is 16.4. The van der Waals surface area contributed by atoms with Crippen LogP contribution in [0.1, 0.15) is 33.5 Å². The minimum atomic E-state index is -4.35. The molecule has 0 saturated carbocycles. The molecule has 0 aliphatic carbocycles. The van der Waals surface area contributed by atoms with Gasteiger partial charge in [-0.1, -0.05) is 24.3 Å². The van der Waals surface area contributed by atoms with Gasteiger partial charge in [-0.2, -0.15) is 8.42 Å². The molecule has 0 bridgehead atoms. The highest BCUT2D eigenvalue weighted by Gasteiger charge is 2.22. The molecular formula is C23H25ClN6O5S. The number of guanidine groups is 1. The zero-order valence-electron chi connectivity index (χ0n) is 18.9. The molecule has 3 aromatic carbocycles. The van der Waals surface area contributed by atoms with Crippen LogP contribution in [0.4, 0.5) is 5.69 Å². The van der Waals surface area contributed by atoms with Crippen molar-refractivity contribution in [2.75, 3.05) is 0 Å². The molecule has 0 unspecified atom stereocenters. The van der Waals surface area contributed by atoms with Crippen LogP contribution in [0, 0.1) is 5.41 Å². The van der Waals surface area contributed by atoms with Crippen molar-refractivity contribution >= 4 is 62.7 Å². The van der Waals surface area contributed by atoms with Crippen LogP contribution in [0.5, 0.6) is 0 Å². The highest BCUT2D eigenvalue weighted by Crippen LogP contribution is 2.27. The van der Waals surface area contributed by atoms with Crippen molar-refractivity contribution in [2.24, 2.45) is 27.9 Å². The lowest BCUT2D eigenvalue weighted by Crippen LogP contribution is -2.21. The Labute approximate surface area is 213 Å². The monoisotopic (exact) mass is 532 g/mol. The van der Waals surface area contributed by atoms with E-state index in [9.17, 15) is 18.0 Å². The topological polar surface area (TPSA) is 218 Å². The largest absolute Gasteiger partial charge is 0.384 e. The lowest BCUT2D eigenvalue weighted by atomic mass is 9.95. The minimum Gasteiger partial charge on any atom is -0.384 e. The normalized spacial score (nSPS) is 10.8. The molecule has 1 amide bonds. The van der Waals surface area contributed by atoms with E-state index in [1.807, 2.05) is 0 Å². The number of amidine groups is 1. The van der Waals surface area contributed by atoms with Gasteiger partial charge < -0.3 is 27.1 Å². The number of carbonyl (C=O) groups excluding carboxylic acids is 2. The van der Waals surface area contributed by atoms with Crippen LogP contribution in [-0.2, 0) is 31.3 Å². The average Bonchev–Trinajstić information content (AvgIpc) is 2.77. The van der Waals surface area contributed by atoms with Crippen LogP contribution in [0.2, 0.25) is 0 Å². The highest BCUT2D eigenvalue weighted by molar-refractivity contribution is 7.86. The van der Waals surface area contributed by atoms with E-state index in [1.165, 1.54) is 24.3 Å². The van der Waals surface area contributed by atoms with E-state index in [4.69, 9.17) is 32.5 Å². The molecule has 13 heteroatoms. The lowest BCUT2D eigenvalue weighted by Gasteiger charge is -2.14. The summed E-state index contributed by atoms with van der Waals surface area (Å²) in [6, 6.07) is 13.8. The van der Waals surface area contributed by atoms with Crippen molar-refractivity contribution in [1.29, 1.82) is 5.41 Å². The van der Waals surface area contributed by atoms with Gasteiger partial charge in [0, 0.05) is 12.0 Å². The Bertz CT molecular complexity index is 1450. The molecule has 11 nitrogen and oxygen atoms in total. The smallest absolute Gasteiger partial charge is 0.353 e. The molecule has 36 heavy (non-hydrogen) atoms. The second kappa shape index (κ2) is 11.5. The summed E-state index contributed by atoms with van der Waals surface area (Å²) in [5.41, 5.74) is 23.2. The first-order valence-corrected chi connectivity index (χ1v) is 11.9. The summed E-state index contributed by atoms with van der Waals surface area (Å²) in [4.78, 5) is 27.6. The van der Waals surface area contributed by atoms with E-state index in [0.29, 0.717) is 33.2 Å². The van der Waals surface area contributed by atoms with Crippen molar-refractivity contribution in [3.8, 4) is 0 Å². The molecule has 0 saturated heterocycles. The van der Waals surface area contributed by atoms with Gasteiger partial charge in [0.25, 0.3) is 0 Å². The molecule has 0 aliphatic heterocycles. The van der Waals surface area contributed by atoms with Crippen LogP contribution in [0.15, 0.2) is 59.6 Å². The summed E-state index contributed by atoms with van der Waals surface area (Å²) in [7, 11) is -4.35. The number of hydrogen-bond donors (Lipinski definition) is 5. The number of carbonyl (C=O) groups is 2. The molecule has 3 rings (SSSR count). The summed E-state index contributed by atoms with van der Waals surface area (Å²) in [6.07, 6.45) is 0.166. The summed E-state index contributed by atoms with van der Waals surface area (Å²) in [5.74, 6) is -2.50. The second-order valence-corrected chi connectivity index (χ2v) is 9.25. The van der Waals surface area contributed by atoms with E-state index in [1.54, 1.807) is 30.3 Å². The molecule has 190 valence electrons. The van der Waals surface area contributed by atoms with Gasteiger partial charge >= 0.3 is 16.1 Å². The van der Waals surface area contributed by atoms with Gasteiger partial charge in [0.05, 0.1) is 11.3 Å². The fourth-order valence-electron chi connectivity index (χ4n) is 3.49. The molecule has 0 aliphatic rings. The van der Waals surface area contributed by atoms with Gasteiger partial charge in [-0.3, -0.25) is 10.2 Å². The number of halogens is 1. The van der Waals surface area contributed by atoms with Crippen LogP contribution in [0.3, 0.4) is 0 Å². The zero-order valence-corrected chi connectivity index (χ0v) is 20.6. The number of hydrogen-bond acceptors (Lipinski definition) is 7. The standard InChI is InChI=1S/C23H24N6O5S.ClH/c24-20(30)10-9-19-16(2-1-14-11-15(21(25)26)5-8-18(14)19)12-35(32,33)34-22(31)13-3-6-17(7-4-13)29-23(27)28;/h1-8,11H,9-10,12H2,(H2,24,30)(H3,25,26)(H4,27,28,29);1H. The van der Waals surface area contributed by atoms with Gasteiger partial charge in [0.15, 0.2) is 5.96 Å². The minimum absolute atomic E-state index is 0. The highest BCUT2D eigenvalue weighted by atomic mass is 35.5. The number of nitrogens with one attached hydrogen (secondary N) is 1. The Morgan fingerprint density at radius 2 is 1.56 bits per heavy atom. The number of nitrogen functional groups attached to an aromatic ring is 1. The van der Waals surface area contributed by atoms with Gasteiger partial charge in [-0.05, 0) is 58.7 Å². The Hall–Kier alpha value is -4.16. The molecule has 0 spiro atoms. The van der Waals surface area contributed by atoms with E-state index in [-0.39, 0.29) is 42.6 Å². The van der Waals surface area contributed by atoms with Crippen molar-refractivity contribution in [2.45, 2.75) is 18.6 Å². The third kappa shape index (κ3) is 7.17. The third-order valence-electron chi connectivity index (χ3n) is 5.06. The first-order valence-electron chi connectivity index (χ1n) is 10.3. The maximum Gasteiger partial charge on any atom is 0.353 e. The molecule has 9 N–H and O–H groups in total. The zero-order chi connectivity index (χ0) is 25.8. The molecule has 0 fully saturated rings. The third-order valence-corrected chi connectivity index (χ3v) is 6.13. The number of nitrogens with zero attached hydrogens (tertiary/aromatic N) is 1. The van der Waals surface area contributed by atoms with Crippen molar-refractivity contribution < 1.29 is 22.2 Å². The Kier molecular flexibility index (Phi) is 8.98. The van der Waals surface area contributed by atoms with Gasteiger partial charge in [-0.25, -0.2) is 9.79 Å². The molecule has 0 aromatic heterocycles. The maximum absolute atomic E-state index is 12.7. The number of benzene rings is 3. The Balaban J connectivity index is 0.00000456. The Morgan fingerprint density at radius 3 is 2.14 bits per heavy atom. The van der Waals surface area contributed by atoms with Crippen LogP contribution >= 0.6 is 12.4 Å². The molecule has 3 aromatic rings. The molecule has 0 heterocycles. The van der Waals surface area contributed by atoms with Crippen LogP contribution in [0.25, 0.3) is 10.8 Å². The van der Waals surface area contributed by atoms with Crippen LogP contribution in [-0.4, -0.2) is 32.1 Å². The quantitative estimate of drug-likeness (QED) is 0.154. The van der Waals surface area contributed by atoms with Crippen molar-refractivity contribution in [1.82, 2.24) is 0 Å². The number of fused-ring (bicyclic) bond motifs is 1.